The number of ether oxygens (including phenoxy) is 1. The second kappa shape index (κ2) is 8.70. The smallest absolute Gasteiger partial charge is 0.191 e. The molecule has 6 heteroatoms. The minimum absolute atomic E-state index is 0. The van der Waals surface area contributed by atoms with Crippen molar-refractivity contribution in [1.29, 1.82) is 5.26 Å². The first-order valence-corrected chi connectivity index (χ1v) is 9.24. The van der Waals surface area contributed by atoms with E-state index in [-0.39, 0.29) is 35.9 Å². The van der Waals surface area contributed by atoms with Gasteiger partial charge in [0.05, 0.1) is 18.1 Å². The van der Waals surface area contributed by atoms with Gasteiger partial charge in [0.1, 0.15) is 0 Å². The molecule has 0 aromatic heterocycles. The lowest BCUT2D eigenvalue weighted by Gasteiger charge is -2.54. The summed E-state index contributed by atoms with van der Waals surface area (Å²) in [5, 5.41) is 16.4. The van der Waals surface area contributed by atoms with E-state index in [0.29, 0.717) is 17.6 Å². The number of nitriles is 1. The summed E-state index contributed by atoms with van der Waals surface area (Å²) < 4.78 is 5.99. The van der Waals surface area contributed by atoms with Crippen LogP contribution in [0.25, 0.3) is 0 Å². The van der Waals surface area contributed by atoms with Gasteiger partial charge < -0.3 is 15.4 Å². The average Bonchev–Trinajstić information content (AvgIpc) is 3.23. The van der Waals surface area contributed by atoms with Crippen LogP contribution in [0.2, 0.25) is 0 Å². The zero-order valence-electron chi connectivity index (χ0n) is 14.9. The van der Waals surface area contributed by atoms with Crippen molar-refractivity contribution in [2.75, 3.05) is 13.7 Å². The molecule has 3 aliphatic rings. The molecule has 2 N–H and O–H groups in total. The Morgan fingerprint density at radius 2 is 2.00 bits per heavy atom. The van der Waals surface area contributed by atoms with Gasteiger partial charge in [0.2, 0.25) is 0 Å². The fourth-order valence-corrected chi connectivity index (χ4v) is 4.89. The third kappa shape index (κ3) is 3.67. The number of nitrogens with one attached hydrogen (secondary N) is 2. The fourth-order valence-electron chi connectivity index (χ4n) is 4.89. The number of hydrogen-bond acceptors (Lipinski definition) is 3. The van der Waals surface area contributed by atoms with Gasteiger partial charge in [-0.2, -0.15) is 5.26 Å². The van der Waals surface area contributed by atoms with Crippen LogP contribution >= 0.6 is 24.0 Å². The largest absolute Gasteiger partial charge is 0.378 e. The van der Waals surface area contributed by atoms with Crippen molar-refractivity contribution in [2.45, 2.75) is 76.5 Å². The van der Waals surface area contributed by atoms with E-state index < -0.39 is 0 Å². The first kappa shape index (κ1) is 19.8. The summed E-state index contributed by atoms with van der Waals surface area (Å²) >= 11 is 0. The highest BCUT2D eigenvalue weighted by Gasteiger charge is 2.57. The van der Waals surface area contributed by atoms with Crippen LogP contribution in [0.5, 0.6) is 0 Å². The molecule has 0 aromatic carbocycles. The van der Waals surface area contributed by atoms with Crippen LogP contribution < -0.4 is 10.6 Å². The molecule has 0 heterocycles. The maximum atomic E-state index is 9.26. The third-order valence-corrected chi connectivity index (χ3v) is 6.23. The van der Waals surface area contributed by atoms with Gasteiger partial charge in [0.25, 0.3) is 0 Å². The predicted octanol–water partition coefficient (Wildman–Crippen LogP) is 3.20. The maximum Gasteiger partial charge on any atom is 0.191 e. The Bertz CT molecular complexity index is 484. The fraction of sp³-hybridized carbons (Fsp3) is 0.889. The Kier molecular flexibility index (Phi) is 7.17. The van der Waals surface area contributed by atoms with Gasteiger partial charge in [-0.1, -0.05) is 12.8 Å². The van der Waals surface area contributed by atoms with Gasteiger partial charge in [-0.3, -0.25) is 4.99 Å². The van der Waals surface area contributed by atoms with Crippen molar-refractivity contribution < 1.29 is 4.74 Å². The minimum Gasteiger partial charge on any atom is -0.378 e. The Morgan fingerprint density at radius 3 is 2.62 bits per heavy atom. The van der Waals surface area contributed by atoms with Crippen LogP contribution in [0.4, 0.5) is 0 Å². The number of nitrogens with zero attached hydrogens (tertiary/aromatic N) is 2. The van der Waals surface area contributed by atoms with E-state index >= 15 is 0 Å². The summed E-state index contributed by atoms with van der Waals surface area (Å²) in [6.45, 7) is 2.89. The monoisotopic (exact) mass is 446 g/mol. The van der Waals surface area contributed by atoms with Crippen LogP contribution in [0, 0.1) is 22.7 Å². The number of rotatable bonds is 4. The third-order valence-electron chi connectivity index (χ3n) is 6.23. The molecule has 24 heavy (non-hydrogen) atoms. The maximum absolute atomic E-state index is 9.26. The molecule has 1 spiro atoms. The van der Waals surface area contributed by atoms with Gasteiger partial charge in [0.15, 0.2) is 5.96 Å². The van der Waals surface area contributed by atoms with Crippen molar-refractivity contribution in [1.82, 2.24) is 10.6 Å². The standard InChI is InChI=1S/C18H30N4O.HI/c1-3-23-16-11-15(18(16)9-4-5-10-18)22-17(20-2)21-14-8-6-7-13(14)12-19;/h13-16H,3-11H2,1-2H3,(H2,20,21,22);1H. The number of guanidine groups is 1. The predicted molar refractivity (Wildman–Crippen MR) is 107 cm³/mol. The van der Waals surface area contributed by atoms with Crippen molar-refractivity contribution in [2.24, 2.45) is 16.3 Å². The SMILES string of the molecule is CCOC1CC(NC(=NC)NC2CCCC2C#N)C12CCCC2.I. The molecule has 3 rings (SSSR count). The minimum atomic E-state index is 0. The van der Waals surface area contributed by atoms with Gasteiger partial charge in [-0.15, -0.1) is 24.0 Å². The van der Waals surface area contributed by atoms with E-state index in [9.17, 15) is 5.26 Å². The van der Waals surface area contributed by atoms with Crippen LogP contribution in [0.3, 0.4) is 0 Å². The summed E-state index contributed by atoms with van der Waals surface area (Å²) in [5.41, 5.74) is 0.304. The number of aliphatic imine (C=N–C) groups is 1. The molecule has 3 aliphatic carbocycles. The summed E-state index contributed by atoms with van der Waals surface area (Å²) in [6.07, 6.45) is 9.82. The zero-order chi connectivity index (χ0) is 16.3. The normalized spacial score (nSPS) is 34.3. The molecule has 3 fully saturated rings. The summed E-state index contributed by atoms with van der Waals surface area (Å²) in [5.74, 6) is 0.981. The Labute approximate surface area is 163 Å². The lowest BCUT2D eigenvalue weighted by atomic mass is 9.60. The molecule has 136 valence electrons. The number of hydrogen-bond donors (Lipinski definition) is 2. The first-order valence-electron chi connectivity index (χ1n) is 9.24. The molecule has 3 saturated carbocycles. The second-order valence-electron chi connectivity index (χ2n) is 7.31. The van der Waals surface area contributed by atoms with Gasteiger partial charge >= 0.3 is 0 Å². The van der Waals surface area contributed by atoms with Crippen LogP contribution in [-0.2, 0) is 4.74 Å². The Balaban J connectivity index is 0.00000208. The van der Waals surface area contributed by atoms with E-state index in [1.54, 1.807) is 0 Å². The molecule has 4 atom stereocenters. The molecule has 0 saturated heterocycles. The molecular formula is C18H31IN4O. The van der Waals surface area contributed by atoms with E-state index in [1.165, 1.54) is 25.7 Å². The van der Waals surface area contributed by atoms with E-state index in [2.05, 4.69) is 28.6 Å². The van der Waals surface area contributed by atoms with Crippen LogP contribution in [0.1, 0.15) is 58.3 Å². The van der Waals surface area contributed by atoms with Crippen molar-refractivity contribution >= 4 is 29.9 Å². The molecule has 5 nitrogen and oxygen atoms in total. The summed E-state index contributed by atoms with van der Waals surface area (Å²) in [7, 11) is 1.83. The Hall–Kier alpha value is -0.550. The van der Waals surface area contributed by atoms with Gasteiger partial charge in [-0.05, 0) is 45.4 Å². The first-order chi connectivity index (χ1) is 11.2. The van der Waals surface area contributed by atoms with Gasteiger partial charge in [-0.25, -0.2) is 0 Å². The highest BCUT2D eigenvalue weighted by atomic mass is 127. The van der Waals surface area contributed by atoms with Crippen LogP contribution in [0.15, 0.2) is 4.99 Å². The molecule has 0 bridgehead atoms. The molecule has 0 aliphatic heterocycles. The number of halogens is 1. The molecule has 0 amide bonds. The summed E-state index contributed by atoms with van der Waals surface area (Å²) in [6, 6.07) is 3.13. The lowest BCUT2D eigenvalue weighted by Crippen LogP contribution is -2.65. The Morgan fingerprint density at radius 1 is 1.25 bits per heavy atom. The lowest BCUT2D eigenvalue weighted by molar-refractivity contribution is -0.125. The van der Waals surface area contributed by atoms with Crippen molar-refractivity contribution in [3.63, 3.8) is 0 Å². The summed E-state index contributed by atoms with van der Waals surface area (Å²) in [4.78, 5) is 4.41. The van der Waals surface area contributed by atoms with E-state index in [0.717, 1.165) is 38.2 Å². The molecule has 4 unspecified atom stereocenters. The molecule has 0 aromatic rings. The zero-order valence-corrected chi connectivity index (χ0v) is 17.2. The molecule has 0 radical (unpaired) electrons. The second-order valence-corrected chi connectivity index (χ2v) is 7.31. The van der Waals surface area contributed by atoms with E-state index in [4.69, 9.17) is 4.74 Å². The van der Waals surface area contributed by atoms with Crippen molar-refractivity contribution in [3.05, 3.63) is 0 Å². The topological polar surface area (TPSA) is 69.4 Å². The van der Waals surface area contributed by atoms with E-state index in [1.807, 2.05) is 7.05 Å². The average molecular weight is 446 g/mol. The molecular weight excluding hydrogens is 415 g/mol. The van der Waals surface area contributed by atoms with Crippen LogP contribution in [-0.4, -0.2) is 37.8 Å². The highest BCUT2D eigenvalue weighted by molar-refractivity contribution is 14.0. The quantitative estimate of drug-likeness (QED) is 0.396. The van der Waals surface area contributed by atoms with Gasteiger partial charge in [0, 0.05) is 31.2 Å². The van der Waals surface area contributed by atoms with Crippen molar-refractivity contribution in [3.8, 4) is 6.07 Å². The highest BCUT2D eigenvalue weighted by Crippen LogP contribution is 2.54.